The van der Waals surface area contributed by atoms with Gasteiger partial charge in [-0.2, -0.15) is 0 Å². The Morgan fingerprint density at radius 3 is 2.45 bits per heavy atom. The van der Waals surface area contributed by atoms with Gasteiger partial charge in [0.1, 0.15) is 0 Å². The van der Waals surface area contributed by atoms with Crippen LogP contribution in [0.15, 0.2) is 12.4 Å². The Kier molecular flexibility index (Phi) is 4.33. The van der Waals surface area contributed by atoms with Crippen molar-refractivity contribution in [3.8, 4) is 0 Å². The SMILES string of the molecule is CC1(C)CCCN(c2ncc(CNC(C)(C)C)cn2)C1. The van der Waals surface area contributed by atoms with Gasteiger partial charge in [-0.05, 0) is 39.0 Å². The molecule has 2 rings (SSSR count). The molecular formula is C16H28N4. The van der Waals surface area contributed by atoms with Crippen molar-refractivity contribution in [1.82, 2.24) is 15.3 Å². The number of rotatable bonds is 3. The molecule has 0 saturated carbocycles. The fourth-order valence-electron chi connectivity index (χ4n) is 2.56. The van der Waals surface area contributed by atoms with E-state index in [1.165, 1.54) is 12.8 Å². The zero-order valence-electron chi connectivity index (χ0n) is 13.5. The van der Waals surface area contributed by atoms with Crippen molar-refractivity contribution in [3.05, 3.63) is 18.0 Å². The van der Waals surface area contributed by atoms with E-state index in [1.54, 1.807) is 0 Å². The first-order valence-corrected chi connectivity index (χ1v) is 7.56. The van der Waals surface area contributed by atoms with E-state index in [1.807, 2.05) is 12.4 Å². The Bertz CT molecular complexity index is 431. The summed E-state index contributed by atoms with van der Waals surface area (Å²) in [7, 11) is 0. The van der Waals surface area contributed by atoms with E-state index in [9.17, 15) is 0 Å². The molecule has 1 saturated heterocycles. The van der Waals surface area contributed by atoms with E-state index in [-0.39, 0.29) is 5.54 Å². The predicted octanol–water partition coefficient (Wildman–Crippen LogP) is 2.99. The largest absolute Gasteiger partial charge is 0.340 e. The van der Waals surface area contributed by atoms with Gasteiger partial charge in [0.2, 0.25) is 5.95 Å². The quantitative estimate of drug-likeness (QED) is 0.921. The Morgan fingerprint density at radius 2 is 1.90 bits per heavy atom. The van der Waals surface area contributed by atoms with Gasteiger partial charge in [0.25, 0.3) is 0 Å². The van der Waals surface area contributed by atoms with E-state index in [2.05, 4.69) is 54.8 Å². The summed E-state index contributed by atoms with van der Waals surface area (Å²) in [5, 5.41) is 3.46. The average Bonchev–Trinajstić information content (AvgIpc) is 2.35. The van der Waals surface area contributed by atoms with Gasteiger partial charge in [0.05, 0.1) is 0 Å². The summed E-state index contributed by atoms with van der Waals surface area (Å²) < 4.78 is 0. The number of hydrogen-bond acceptors (Lipinski definition) is 4. The van der Waals surface area contributed by atoms with E-state index in [0.717, 1.165) is 31.1 Å². The molecule has 2 heterocycles. The lowest BCUT2D eigenvalue weighted by Gasteiger charge is -2.38. The average molecular weight is 276 g/mol. The molecule has 1 aromatic heterocycles. The third-order valence-corrected chi connectivity index (χ3v) is 3.70. The van der Waals surface area contributed by atoms with Gasteiger partial charge in [-0.1, -0.05) is 13.8 Å². The molecule has 0 unspecified atom stereocenters. The van der Waals surface area contributed by atoms with Crippen LogP contribution in [0.3, 0.4) is 0 Å². The second-order valence-corrected chi connectivity index (χ2v) is 7.68. The van der Waals surface area contributed by atoms with Crippen LogP contribution in [0.1, 0.15) is 53.0 Å². The zero-order valence-corrected chi connectivity index (χ0v) is 13.5. The molecule has 112 valence electrons. The minimum Gasteiger partial charge on any atom is -0.340 e. The van der Waals surface area contributed by atoms with Gasteiger partial charge in [-0.15, -0.1) is 0 Å². The molecule has 4 heteroatoms. The molecule has 1 aliphatic rings. The Labute approximate surface area is 123 Å². The standard InChI is InChI=1S/C16H28N4/c1-15(2,3)19-11-13-9-17-14(18-10-13)20-8-6-7-16(4,5)12-20/h9-10,19H,6-8,11-12H2,1-5H3. The third kappa shape index (κ3) is 4.44. The van der Waals surface area contributed by atoms with Crippen LogP contribution in [0.4, 0.5) is 5.95 Å². The lowest BCUT2D eigenvalue weighted by Crippen LogP contribution is -2.41. The lowest BCUT2D eigenvalue weighted by molar-refractivity contribution is 0.291. The highest BCUT2D eigenvalue weighted by molar-refractivity contribution is 5.31. The summed E-state index contributed by atoms with van der Waals surface area (Å²) in [6.45, 7) is 14.1. The minimum absolute atomic E-state index is 0.121. The fourth-order valence-corrected chi connectivity index (χ4v) is 2.56. The molecule has 0 aromatic carbocycles. The molecule has 0 radical (unpaired) electrons. The second-order valence-electron chi connectivity index (χ2n) is 7.68. The van der Waals surface area contributed by atoms with Crippen molar-refractivity contribution in [2.45, 2.75) is 59.5 Å². The van der Waals surface area contributed by atoms with Crippen molar-refractivity contribution < 1.29 is 0 Å². The number of nitrogens with zero attached hydrogens (tertiary/aromatic N) is 3. The first-order valence-electron chi connectivity index (χ1n) is 7.56. The Balaban J connectivity index is 1.97. The summed E-state index contributed by atoms with van der Waals surface area (Å²) in [5.41, 5.74) is 1.63. The van der Waals surface area contributed by atoms with Crippen molar-refractivity contribution in [3.63, 3.8) is 0 Å². The molecule has 1 N–H and O–H groups in total. The van der Waals surface area contributed by atoms with Crippen LogP contribution in [0.25, 0.3) is 0 Å². The number of piperidine rings is 1. The van der Waals surface area contributed by atoms with Crippen molar-refractivity contribution in [1.29, 1.82) is 0 Å². The van der Waals surface area contributed by atoms with Crippen molar-refractivity contribution in [2.24, 2.45) is 5.41 Å². The first-order chi connectivity index (χ1) is 9.25. The monoisotopic (exact) mass is 276 g/mol. The van der Waals surface area contributed by atoms with Crippen molar-refractivity contribution >= 4 is 5.95 Å². The summed E-state index contributed by atoms with van der Waals surface area (Å²) in [6, 6.07) is 0. The molecule has 0 aliphatic carbocycles. The van der Waals surface area contributed by atoms with Gasteiger partial charge < -0.3 is 10.2 Å². The molecule has 1 aromatic rings. The van der Waals surface area contributed by atoms with E-state index < -0.39 is 0 Å². The summed E-state index contributed by atoms with van der Waals surface area (Å²) in [5.74, 6) is 0.872. The maximum absolute atomic E-state index is 4.54. The molecule has 4 nitrogen and oxygen atoms in total. The molecule has 0 bridgehead atoms. The summed E-state index contributed by atoms with van der Waals surface area (Å²) >= 11 is 0. The zero-order chi connectivity index (χ0) is 14.8. The van der Waals surface area contributed by atoms with Gasteiger partial charge in [-0.3, -0.25) is 0 Å². The topological polar surface area (TPSA) is 41.1 Å². The highest BCUT2D eigenvalue weighted by Gasteiger charge is 2.27. The Morgan fingerprint density at radius 1 is 1.25 bits per heavy atom. The highest BCUT2D eigenvalue weighted by atomic mass is 15.3. The fraction of sp³-hybridized carbons (Fsp3) is 0.750. The third-order valence-electron chi connectivity index (χ3n) is 3.70. The van der Waals surface area contributed by atoms with Crippen LogP contribution in [-0.4, -0.2) is 28.6 Å². The van der Waals surface area contributed by atoms with E-state index >= 15 is 0 Å². The van der Waals surface area contributed by atoms with Crippen molar-refractivity contribution in [2.75, 3.05) is 18.0 Å². The summed E-state index contributed by atoms with van der Waals surface area (Å²) in [6.07, 6.45) is 6.41. The molecule has 0 spiro atoms. The number of nitrogens with one attached hydrogen (secondary N) is 1. The predicted molar refractivity (Wildman–Crippen MR) is 83.9 cm³/mol. The van der Waals surface area contributed by atoms with Crippen LogP contribution >= 0.6 is 0 Å². The van der Waals surface area contributed by atoms with E-state index in [0.29, 0.717) is 5.41 Å². The van der Waals surface area contributed by atoms with Gasteiger partial charge >= 0.3 is 0 Å². The summed E-state index contributed by atoms with van der Waals surface area (Å²) in [4.78, 5) is 11.4. The van der Waals surface area contributed by atoms with Crippen LogP contribution in [0.2, 0.25) is 0 Å². The highest BCUT2D eigenvalue weighted by Crippen LogP contribution is 2.29. The lowest BCUT2D eigenvalue weighted by atomic mass is 9.84. The molecule has 0 amide bonds. The maximum atomic E-state index is 4.54. The van der Waals surface area contributed by atoms with Crippen LogP contribution in [-0.2, 0) is 6.54 Å². The smallest absolute Gasteiger partial charge is 0.225 e. The number of hydrogen-bond donors (Lipinski definition) is 1. The van der Waals surface area contributed by atoms with Gasteiger partial charge in [0, 0.05) is 43.1 Å². The first kappa shape index (κ1) is 15.2. The van der Waals surface area contributed by atoms with Crippen LogP contribution < -0.4 is 10.2 Å². The molecule has 0 atom stereocenters. The molecule has 20 heavy (non-hydrogen) atoms. The number of anilines is 1. The maximum Gasteiger partial charge on any atom is 0.225 e. The van der Waals surface area contributed by atoms with Crippen LogP contribution in [0, 0.1) is 5.41 Å². The Hall–Kier alpha value is -1.16. The second kappa shape index (κ2) is 5.68. The molecular weight excluding hydrogens is 248 g/mol. The molecule has 1 fully saturated rings. The van der Waals surface area contributed by atoms with E-state index in [4.69, 9.17) is 0 Å². The normalized spacial score (nSPS) is 19.1. The molecule has 1 aliphatic heterocycles. The van der Waals surface area contributed by atoms with Crippen LogP contribution in [0.5, 0.6) is 0 Å². The minimum atomic E-state index is 0.121. The number of aromatic nitrogens is 2. The van der Waals surface area contributed by atoms with Gasteiger partial charge in [0.15, 0.2) is 0 Å². The van der Waals surface area contributed by atoms with Gasteiger partial charge in [-0.25, -0.2) is 9.97 Å².